The zero-order valence-corrected chi connectivity index (χ0v) is 14.8. The average Bonchev–Trinajstić information content (AvgIpc) is 3.11. The molecule has 5 nitrogen and oxygen atoms in total. The third-order valence-electron chi connectivity index (χ3n) is 4.42. The number of hydrogen-bond donors (Lipinski definition) is 3. The van der Waals surface area contributed by atoms with Gasteiger partial charge in [0.1, 0.15) is 0 Å². The lowest BCUT2D eigenvalue weighted by molar-refractivity contribution is -0.125. The van der Waals surface area contributed by atoms with Crippen LogP contribution < -0.4 is 16.2 Å². The molecule has 2 aromatic carbocycles. The molecule has 6 heteroatoms. The predicted octanol–water partition coefficient (Wildman–Crippen LogP) is 2.57. The van der Waals surface area contributed by atoms with Crippen molar-refractivity contribution >= 4 is 17.5 Å². The van der Waals surface area contributed by atoms with Crippen LogP contribution in [0.5, 0.6) is 0 Å². The van der Waals surface area contributed by atoms with Crippen LogP contribution >= 0.6 is 11.6 Å². The van der Waals surface area contributed by atoms with Crippen LogP contribution in [-0.4, -0.2) is 19.6 Å². The van der Waals surface area contributed by atoms with Gasteiger partial charge in [-0.15, -0.1) is 0 Å². The van der Waals surface area contributed by atoms with E-state index in [0.29, 0.717) is 24.7 Å². The van der Waals surface area contributed by atoms with Gasteiger partial charge >= 0.3 is 0 Å². The van der Waals surface area contributed by atoms with Crippen LogP contribution in [0.15, 0.2) is 48.5 Å². The summed E-state index contributed by atoms with van der Waals surface area (Å²) in [5.41, 5.74) is 9.45. The number of carbonyl (C=O) groups is 1. The van der Waals surface area contributed by atoms with Crippen molar-refractivity contribution in [1.82, 2.24) is 16.2 Å². The first-order chi connectivity index (χ1) is 12.2. The van der Waals surface area contributed by atoms with Crippen LogP contribution in [0.2, 0.25) is 5.02 Å². The molecule has 0 spiro atoms. The quantitative estimate of drug-likeness (QED) is 0.741. The molecule has 0 aliphatic carbocycles. The van der Waals surface area contributed by atoms with E-state index >= 15 is 0 Å². The molecule has 0 aromatic heterocycles. The lowest BCUT2D eigenvalue weighted by Gasteiger charge is -2.19. The highest BCUT2D eigenvalue weighted by molar-refractivity contribution is 6.30. The van der Waals surface area contributed by atoms with Crippen molar-refractivity contribution in [3.8, 4) is 0 Å². The van der Waals surface area contributed by atoms with Gasteiger partial charge in [-0.3, -0.25) is 10.2 Å². The van der Waals surface area contributed by atoms with Crippen LogP contribution in [0.25, 0.3) is 0 Å². The molecule has 2 atom stereocenters. The van der Waals surface area contributed by atoms with Crippen molar-refractivity contribution in [3.05, 3.63) is 70.2 Å². The lowest BCUT2D eigenvalue weighted by Crippen LogP contribution is -2.34. The van der Waals surface area contributed by atoms with Gasteiger partial charge in [-0.2, -0.15) is 0 Å². The number of methoxy groups -OCH3 is 1. The van der Waals surface area contributed by atoms with Gasteiger partial charge < -0.3 is 10.1 Å². The fraction of sp³-hybridized carbons (Fsp3) is 0.316. The Morgan fingerprint density at radius 2 is 1.92 bits per heavy atom. The Bertz CT molecular complexity index is 721. The lowest BCUT2D eigenvalue weighted by atomic mass is 9.94. The second-order valence-electron chi connectivity index (χ2n) is 6.08. The summed E-state index contributed by atoms with van der Waals surface area (Å²) >= 11 is 5.95. The van der Waals surface area contributed by atoms with Crippen molar-refractivity contribution in [2.75, 3.05) is 13.7 Å². The summed E-state index contributed by atoms with van der Waals surface area (Å²) < 4.78 is 5.22. The number of carbonyl (C=O) groups excluding carboxylic acids is 1. The first-order valence-corrected chi connectivity index (χ1v) is 8.64. The van der Waals surface area contributed by atoms with Gasteiger partial charge in [-0.05, 0) is 28.8 Å². The Balaban J connectivity index is 1.65. The van der Waals surface area contributed by atoms with Gasteiger partial charge in [0.15, 0.2) is 0 Å². The SMILES string of the molecule is COCc1ccccc1CNC(=O)C1CNNC1c1ccc(Cl)cc1. The zero-order valence-electron chi connectivity index (χ0n) is 14.1. The van der Waals surface area contributed by atoms with Gasteiger partial charge in [0.2, 0.25) is 5.91 Å². The van der Waals surface area contributed by atoms with E-state index in [-0.39, 0.29) is 17.9 Å². The normalized spacial score (nSPS) is 19.8. The summed E-state index contributed by atoms with van der Waals surface area (Å²) in [4.78, 5) is 12.7. The highest BCUT2D eigenvalue weighted by Gasteiger charge is 2.33. The number of nitrogens with one attached hydrogen (secondary N) is 3. The molecule has 0 saturated carbocycles. The molecule has 132 valence electrons. The number of halogens is 1. The molecule has 1 amide bonds. The van der Waals surface area contributed by atoms with Crippen molar-refractivity contribution in [3.63, 3.8) is 0 Å². The Labute approximate surface area is 152 Å². The molecule has 0 bridgehead atoms. The number of ether oxygens (including phenoxy) is 1. The fourth-order valence-electron chi connectivity index (χ4n) is 3.07. The van der Waals surface area contributed by atoms with Crippen molar-refractivity contribution in [2.45, 2.75) is 19.2 Å². The summed E-state index contributed by atoms with van der Waals surface area (Å²) in [6.45, 7) is 1.60. The molecule has 1 fully saturated rings. The summed E-state index contributed by atoms with van der Waals surface area (Å²) in [5, 5.41) is 3.74. The fourth-order valence-corrected chi connectivity index (χ4v) is 3.19. The van der Waals surface area contributed by atoms with Crippen LogP contribution in [0, 0.1) is 5.92 Å². The van der Waals surface area contributed by atoms with Crippen LogP contribution in [0.1, 0.15) is 22.7 Å². The Morgan fingerprint density at radius 3 is 2.64 bits per heavy atom. The van der Waals surface area contributed by atoms with E-state index in [1.807, 2.05) is 48.5 Å². The number of hydrogen-bond acceptors (Lipinski definition) is 4. The van der Waals surface area contributed by atoms with E-state index in [1.54, 1.807) is 7.11 Å². The maximum atomic E-state index is 12.7. The minimum absolute atomic E-state index is 0.0182. The Morgan fingerprint density at radius 1 is 1.20 bits per heavy atom. The minimum Gasteiger partial charge on any atom is -0.380 e. The monoisotopic (exact) mass is 359 g/mol. The van der Waals surface area contributed by atoms with Gasteiger partial charge in [0, 0.05) is 25.2 Å². The van der Waals surface area contributed by atoms with Crippen molar-refractivity contribution in [2.24, 2.45) is 5.92 Å². The van der Waals surface area contributed by atoms with E-state index < -0.39 is 0 Å². The van der Waals surface area contributed by atoms with Gasteiger partial charge in [0.05, 0.1) is 18.6 Å². The number of rotatable bonds is 6. The summed E-state index contributed by atoms with van der Waals surface area (Å²) in [5.74, 6) is -0.166. The van der Waals surface area contributed by atoms with Gasteiger partial charge in [0.25, 0.3) is 0 Å². The second kappa shape index (κ2) is 8.45. The number of benzene rings is 2. The van der Waals surface area contributed by atoms with Crippen LogP contribution in [0.4, 0.5) is 0 Å². The number of amides is 1. The molecule has 1 aliphatic heterocycles. The van der Waals surface area contributed by atoms with Gasteiger partial charge in [-0.1, -0.05) is 48.0 Å². The third kappa shape index (κ3) is 4.38. The molecular formula is C19H22ClN3O2. The zero-order chi connectivity index (χ0) is 17.6. The first-order valence-electron chi connectivity index (χ1n) is 8.26. The van der Waals surface area contributed by atoms with E-state index in [9.17, 15) is 4.79 Å². The molecule has 0 radical (unpaired) electrons. The topological polar surface area (TPSA) is 62.4 Å². The van der Waals surface area contributed by atoms with E-state index in [4.69, 9.17) is 16.3 Å². The van der Waals surface area contributed by atoms with Crippen molar-refractivity contribution in [1.29, 1.82) is 0 Å². The first kappa shape index (κ1) is 17.9. The average molecular weight is 360 g/mol. The number of hydrazine groups is 1. The molecule has 25 heavy (non-hydrogen) atoms. The van der Waals surface area contributed by atoms with Crippen LogP contribution in [0.3, 0.4) is 0 Å². The highest BCUT2D eigenvalue weighted by atomic mass is 35.5. The summed E-state index contributed by atoms with van der Waals surface area (Å²) in [6.07, 6.45) is 0. The maximum absolute atomic E-state index is 12.7. The minimum atomic E-state index is -0.184. The van der Waals surface area contributed by atoms with E-state index in [1.165, 1.54) is 0 Å². The molecule has 3 rings (SSSR count). The molecule has 3 N–H and O–H groups in total. The molecule has 1 heterocycles. The third-order valence-corrected chi connectivity index (χ3v) is 4.67. The van der Waals surface area contributed by atoms with E-state index in [0.717, 1.165) is 16.7 Å². The molecule has 1 saturated heterocycles. The summed E-state index contributed by atoms with van der Waals surface area (Å²) in [6, 6.07) is 15.5. The predicted molar refractivity (Wildman–Crippen MR) is 97.8 cm³/mol. The largest absolute Gasteiger partial charge is 0.380 e. The Kier molecular flexibility index (Phi) is 6.04. The standard InChI is InChI=1S/C19H22ClN3O2/c1-25-12-15-5-3-2-4-14(15)10-21-19(24)17-11-22-23-18(17)13-6-8-16(20)9-7-13/h2-9,17-18,22-23H,10-12H2,1H3,(H,21,24). The second-order valence-corrected chi connectivity index (χ2v) is 6.52. The smallest absolute Gasteiger partial charge is 0.226 e. The van der Waals surface area contributed by atoms with E-state index in [2.05, 4.69) is 16.2 Å². The Hall–Kier alpha value is -1.92. The molecule has 1 aliphatic rings. The van der Waals surface area contributed by atoms with Gasteiger partial charge in [-0.25, -0.2) is 5.43 Å². The van der Waals surface area contributed by atoms with Crippen molar-refractivity contribution < 1.29 is 9.53 Å². The molecular weight excluding hydrogens is 338 g/mol. The molecule has 2 aromatic rings. The maximum Gasteiger partial charge on any atom is 0.226 e. The van der Waals surface area contributed by atoms with Crippen LogP contribution in [-0.2, 0) is 22.7 Å². The summed E-state index contributed by atoms with van der Waals surface area (Å²) in [7, 11) is 1.67. The highest BCUT2D eigenvalue weighted by Crippen LogP contribution is 2.26. The molecule has 2 unspecified atom stereocenters.